The summed E-state index contributed by atoms with van der Waals surface area (Å²) < 4.78 is 11.3. The van der Waals surface area contributed by atoms with Gasteiger partial charge in [0.1, 0.15) is 0 Å². The van der Waals surface area contributed by atoms with E-state index in [-0.39, 0.29) is 11.1 Å². The monoisotopic (exact) mass is 248 g/mol. The van der Waals surface area contributed by atoms with E-state index in [0.29, 0.717) is 13.2 Å². The molecule has 16 heavy (non-hydrogen) atoms. The Morgan fingerprint density at radius 1 is 1.19 bits per heavy atom. The van der Waals surface area contributed by atoms with Crippen molar-refractivity contribution in [2.75, 3.05) is 19.8 Å². The van der Waals surface area contributed by atoms with Gasteiger partial charge >= 0.3 is 0 Å². The van der Waals surface area contributed by atoms with Crippen LogP contribution in [-0.2, 0) is 9.16 Å². The second kappa shape index (κ2) is 6.74. The second-order valence-electron chi connectivity index (χ2n) is 5.89. The minimum absolute atomic E-state index is 0.271. The van der Waals surface area contributed by atoms with E-state index in [9.17, 15) is 0 Å². The minimum Gasteiger partial charge on any atom is -0.417 e. The maximum absolute atomic E-state index is 9.00. The molecule has 3 nitrogen and oxygen atoms in total. The number of aliphatic hydroxyl groups excluding tert-OH is 1. The maximum Gasteiger partial charge on any atom is 0.191 e. The molecule has 0 radical (unpaired) electrons. The smallest absolute Gasteiger partial charge is 0.191 e. The van der Waals surface area contributed by atoms with Crippen LogP contribution in [0.5, 0.6) is 0 Å². The standard InChI is InChI=1S/C12H28O3Si/c1-11(13)10-14-8-7-9-15-16(5,6)12(2,3)4/h11,13H,7-10H2,1-6H3/t11-/m1/s1. The first-order valence-electron chi connectivity index (χ1n) is 6.06. The van der Waals surface area contributed by atoms with Crippen molar-refractivity contribution in [2.24, 2.45) is 0 Å². The Balaban J connectivity index is 3.59. The van der Waals surface area contributed by atoms with Crippen LogP contribution in [0.25, 0.3) is 0 Å². The van der Waals surface area contributed by atoms with Crippen LogP contribution < -0.4 is 0 Å². The predicted octanol–water partition coefficient (Wildman–Crippen LogP) is 2.80. The molecule has 0 fully saturated rings. The fourth-order valence-corrected chi connectivity index (χ4v) is 2.05. The topological polar surface area (TPSA) is 38.7 Å². The lowest BCUT2D eigenvalue weighted by molar-refractivity contribution is 0.0406. The lowest BCUT2D eigenvalue weighted by atomic mass is 10.2. The maximum atomic E-state index is 9.00. The molecule has 4 heteroatoms. The van der Waals surface area contributed by atoms with Gasteiger partial charge in [0.05, 0.1) is 12.7 Å². The molecule has 0 spiro atoms. The fourth-order valence-electron chi connectivity index (χ4n) is 0.959. The summed E-state index contributed by atoms with van der Waals surface area (Å²) in [5.41, 5.74) is 0. The average Bonchev–Trinajstić information content (AvgIpc) is 2.08. The molecule has 0 amide bonds. The van der Waals surface area contributed by atoms with Gasteiger partial charge in [-0.15, -0.1) is 0 Å². The van der Waals surface area contributed by atoms with Crippen LogP contribution in [0, 0.1) is 0 Å². The molecule has 0 bridgehead atoms. The molecule has 0 aliphatic carbocycles. The molecule has 0 aromatic rings. The Bertz CT molecular complexity index is 185. The van der Waals surface area contributed by atoms with Crippen molar-refractivity contribution in [3.05, 3.63) is 0 Å². The highest BCUT2D eigenvalue weighted by molar-refractivity contribution is 6.74. The Labute approximate surface area is 101 Å². The van der Waals surface area contributed by atoms with Gasteiger partial charge in [0, 0.05) is 13.2 Å². The van der Waals surface area contributed by atoms with Crippen LogP contribution in [0.3, 0.4) is 0 Å². The van der Waals surface area contributed by atoms with Gasteiger partial charge < -0.3 is 14.3 Å². The van der Waals surface area contributed by atoms with Crippen molar-refractivity contribution in [3.63, 3.8) is 0 Å². The molecule has 0 aromatic carbocycles. The SMILES string of the molecule is C[C@@H](O)COCCCO[Si](C)(C)C(C)(C)C. The second-order valence-corrected chi connectivity index (χ2v) is 10.7. The average molecular weight is 248 g/mol. The van der Waals surface area contributed by atoms with Crippen molar-refractivity contribution >= 4 is 8.32 Å². The van der Waals surface area contributed by atoms with E-state index in [1.54, 1.807) is 6.92 Å². The van der Waals surface area contributed by atoms with Gasteiger partial charge in [-0.3, -0.25) is 0 Å². The minimum atomic E-state index is -1.59. The predicted molar refractivity (Wildman–Crippen MR) is 70.3 cm³/mol. The molecular formula is C12H28O3Si. The summed E-state index contributed by atoms with van der Waals surface area (Å²) in [5, 5.41) is 9.27. The van der Waals surface area contributed by atoms with E-state index in [1.165, 1.54) is 0 Å². The summed E-state index contributed by atoms with van der Waals surface area (Å²) in [6, 6.07) is 0. The van der Waals surface area contributed by atoms with Crippen LogP contribution in [0.15, 0.2) is 0 Å². The zero-order valence-electron chi connectivity index (χ0n) is 11.7. The molecule has 0 aliphatic rings. The van der Waals surface area contributed by atoms with E-state index in [4.69, 9.17) is 14.3 Å². The van der Waals surface area contributed by atoms with Crippen LogP contribution >= 0.6 is 0 Å². The summed E-state index contributed by atoms with van der Waals surface area (Å²) >= 11 is 0. The zero-order chi connectivity index (χ0) is 12.8. The quantitative estimate of drug-likeness (QED) is 0.556. The van der Waals surface area contributed by atoms with Gasteiger partial charge in [-0.25, -0.2) is 0 Å². The number of rotatable bonds is 7. The highest BCUT2D eigenvalue weighted by Gasteiger charge is 2.36. The summed E-state index contributed by atoms with van der Waals surface area (Å²) in [7, 11) is -1.59. The van der Waals surface area contributed by atoms with E-state index >= 15 is 0 Å². The zero-order valence-corrected chi connectivity index (χ0v) is 12.7. The van der Waals surface area contributed by atoms with E-state index in [1.807, 2.05) is 0 Å². The van der Waals surface area contributed by atoms with E-state index in [0.717, 1.165) is 13.0 Å². The van der Waals surface area contributed by atoms with Crippen molar-refractivity contribution in [3.8, 4) is 0 Å². The molecule has 0 aromatic heterocycles. The van der Waals surface area contributed by atoms with Crippen LogP contribution in [0.1, 0.15) is 34.1 Å². The lowest BCUT2D eigenvalue weighted by Gasteiger charge is -2.36. The van der Waals surface area contributed by atoms with Crippen LogP contribution in [-0.4, -0.2) is 39.3 Å². The van der Waals surface area contributed by atoms with Gasteiger partial charge in [-0.2, -0.15) is 0 Å². The van der Waals surface area contributed by atoms with Gasteiger partial charge in [-0.1, -0.05) is 20.8 Å². The molecule has 1 N–H and O–H groups in total. The van der Waals surface area contributed by atoms with Crippen molar-refractivity contribution < 1.29 is 14.3 Å². The summed E-state index contributed by atoms with van der Waals surface area (Å²) in [4.78, 5) is 0. The van der Waals surface area contributed by atoms with Gasteiger partial charge in [0.25, 0.3) is 0 Å². The summed E-state index contributed by atoms with van der Waals surface area (Å²) in [6.45, 7) is 14.8. The number of hydrogen-bond donors (Lipinski definition) is 1. The highest BCUT2D eigenvalue weighted by Crippen LogP contribution is 2.36. The van der Waals surface area contributed by atoms with Crippen molar-refractivity contribution in [1.82, 2.24) is 0 Å². The molecule has 0 unspecified atom stereocenters. The van der Waals surface area contributed by atoms with Crippen molar-refractivity contribution in [1.29, 1.82) is 0 Å². The first-order chi connectivity index (χ1) is 7.17. The normalized spacial score (nSPS) is 15.2. The summed E-state index contributed by atoms with van der Waals surface area (Å²) in [6.07, 6.45) is 0.528. The van der Waals surface area contributed by atoms with Gasteiger partial charge in [-0.05, 0) is 31.5 Å². The van der Waals surface area contributed by atoms with Crippen molar-refractivity contribution in [2.45, 2.75) is 58.4 Å². The van der Waals surface area contributed by atoms with E-state index < -0.39 is 8.32 Å². The van der Waals surface area contributed by atoms with Crippen LogP contribution in [0.4, 0.5) is 0 Å². The number of ether oxygens (including phenoxy) is 1. The lowest BCUT2D eigenvalue weighted by Crippen LogP contribution is -2.41. The molecule has 98 valence electrons. The third kappa shape index (κ3) is 6.63. The molecule has 1 atom stereocenters. The molecule has 0 saturated carbocycles. The molecule has 0 heterocycles. The molecular weight excluding hydrogens is 220 g/mol. The Hall–Kier alpha value is 0.0969. The largest absolute Gasteiger partial charge is 0.417 e. The first-order valence-corrected chi connectivity index (χ1v) is 8.97. The van der Waals surface area contributed by atoms with Gasteiger partial charge in [0.15, 0.2) is 8.32 Å². The number of aliphatic hydroxyl groups is 1. The molecule has 0 saturated heterocycles. The molecule has 0 aliphatic heterocycles. The third-order valence-corrected chi connectivity index (χ3v) is 7.60. The highest BCUT2D eigenvalue weighted by atomic mass is 28.4. The Morgan fingerprint density at radius 3 is 2.19 bits per heavy atom. The summed E-state index contributed by atoms with van der Waals surface area (Å²) in [5.74, 6) is 0. The molecule has 0 rings (SSSR count). The number of hydrogen-bond acceptors (Lipinski definition) is 3. The van der Waals surface area contributed by atoms with Gasteiger partial charge in [0.2, 0.25) is 0 Å². The third-order valence-electron chi connectivity index (χ3n) is 3.06. The fraction of sp³-hybridized carbons (Fsp3) is 1.00. The Kier molecular flexibility index (Phi) is 6.78. The first kappa shape index (κ1) is 16.1. The van der Waals surface area contributed by atoms with E-state index in [2.05, 4.69) is 33.9 Å². The Morgan fingerprint density at radius 2 is 1.75 bits per heavy atom. The van der Waals surface area contributed by atoms with Crippen LogP contribution in [0.2, 0.25) is 18.1 Å².